The highest BCUT2D eigenvalue weighted by Gasteiger charge is 2.33. The van der Waals surface area contributed by atoms with Crippen LogP contribution < -0.4 is 0 Å². The highest BCUT2D eigenvalue weighted by Crippen LogP contribution is 2.30. The maximum atomic E-state index is 12.0. The fourth-order valence-electron chi connectivity index (χ4n) is 0.231. The maximum Gasteiger partial charge on any atom is 0.288 e. The number of rotatable bonds is 2. The van der Waals surface area contributed by atoms with Gasteiger partial charge in [0.2, 0.25) is 0 Å². The van der Waals surface area contributed by atoms with E-state index in [2.05, 4.69) is 0 Å². The first kappa shape index (κ1) is 8.44. The first-order valence-electron chi connectivity index (χ1n) is 2.19. The summed E-state index contributed by atoms with van der Waals surface area (Å²) in [6.07, 6.45) is -1.80. The molecule has 1 unspecified atom stereocenters. The van der Waals surface area contributed by atoms with Gasteiger partial charge < -0.3 is 0 Å². The molecule has 1 atom stereocenters. The van der Waals surface area contributed by atoms with Gasteiger partial charge in [-0.05, 0) is 6.42 Å². The van der Waals surface area contributed by atoms with Crippen LogP contribution in [0.2, 0.25) is 0 Å². The van der Waals surface area contributed by atoms with Crippen LogP contribution in [0.15, 0.2) is 0 Å². The molecule has 0 aromatic rings. The van der Waals surface area contributed by atoms with Crippen molar-refractivity contribution in [3.63, 3.8) is 0 Å². The first-order valence-corrected chi connectivity index (χ1v) is 2.95. The molecule has 0 aliphatic rings. The molecular formula is C4H6Cl2F2. The zero-order valence-electron chi connectivity index (χ0n) is 4.30. The second-order valence-electron chi connectivity index (χ2n) is 1.42. The minimum Gasteiger partial charge on any atom is -0.241 e. The standard InChI is InChI=1S/C4H6Cl2F2/c1-2-3(7)4(5,6)8/h3H,2H2,1H3. The summed E-state index contributed by atoms with van der Waals surface area (Å²) in [5.41, 5.74) is 0. The van der Waals surface area contributed by atoms with E-state index in [1.165, 1.54) is 6.92 Å². The van der Waals surface area contributed by atoms with Crippen molar-refractivity contribution in [3.8, 4) is 0 Å². The fourth-order valence-corrected chi connectivity index (χ4v) is 0.540. The Balaban J connectivity index is 3.62. The van der Waals surface area contributed by atoms with E-state index in [0.29, 0.717) is 0 Å². The van der Waals surface area contributed by atoms with E-state index in [1.807, 2.05) is 0 Å². The lowest BCUT2D eigenvalue weighted by molar-refractivity contribution is 0.193. The van der Waals surface area contributed by atoms with Gasteiger partial charge in [-0.1, -0.05) is 30.1 Å². The zero-order chi connectivity index (χ0) is 6.78. The van der Waals surface area contributed by atoms with Gasteiger partial charge >= 0.3 is 0 Å². The molecule has 4 heteroatoms. The van der Waals surface area contributed by atoms with Crippen LogP contribution in [0.1, 0.15) is 13.3 Å². The molecule has 0 aliphatic heterocycles. The molecule has 0 bridgehead atoms. The van der Waals surface area contributed by atoms with Gasteiger partial charge in [0.25, 0.3) is 4.59 Å². The van der Waals surface area contributed by atoms with Crippen LogP contribution >= 0.6 is 23.2 Å². The Hall–Kier alpha value is 0.440. The topological polar surface area (TPSA) is 0 Å². The molecule has 0 heterocycles. The molecule has 8 heavy (non-hydrogen) atoms. The monoisotopic (exact) mass is 162 g/mol. The molecule has 0 aromatic heterocycles. The second kappa shape index (κ2) is 2.83. The molecule has 50 valence electrons. The summed E-state index contributed by atoms with van der Waals surface area (Å²) in [4.78, 5) is 0. The van der Waals surface area contributed by atoms with Crippen molar-refractivity contribution < 1.29 is 8.78 Å². The van der Waals surface area contributed by atoms with E-state index in [0.717, 1.165) is 0 Å². The average Bonchev–Trinajstić information content (AvgIpc) is 1.62. The maximum absolute atomic E-state index is 12.0. The van der Waals surface area contributed by atoms with Gasteiger partial charge in [0.05, 0.1) is 0 Å². The molecule has 0 N–H and O–H groups in total. The fraction of sp³-hybridized carbons (Fsp3) is 1.00. The summed E-state index contributed by atoms with van der Waals surface area (Å²) in [5, 5.41) is 0. The van der Waals surface area contributed by atoms with E-state index in [9.17, 15) is 8.78 Å². The van der Waals surface area contributed by atoms with Crippen LogP contribution in [0.5, 0.6) is 0 Å². The van der Waals surface area contributed by atoms with Gasteiger partial charge in [-0.15, -0.1) is 0 Å². The lowest BCUT2D eigenvalue weighted by atomic mass is 10.3. The van der Waals surface area contributed by atoms with Crippen molar-refractivity contribution in [2.75, 3.05) is 0 Å². The average molecular weight is 163 g/mol. The summed E-state index contributed by atoms with van der Waals surface area (Å²) >= 11 is 9.42. The molecular weight excluding hydrogens is 157 g/mol. The minimum absolute atomic E-state index is 0.0104. The summed E-state index contributed by atoms with van der Waals surface area (Å²) in [6, 6.07) is 0. The molecule has 0 amide bonds. The van der Waals surface area contributed by atoms with Crippen molar-refractivity contribution in [2.45, 2.75) is 24.1 Å². The summed E-state index contributed by atoms with van der Waals surface area (Å²) in [7, 11) is 0. The third-order valence-electron chi connectivity index (χ3n) is 0.714. The van der Waals surface area contributed by atoms with E-state index in [-0.39, 0.29) is 6.42 Å². The highest BCUT2D eigenvalue weighted by molar-refractivity contribution is 6.47. The van der Waals surface area contributed by atoms with E-state index < -0.39 is 10.8 Å². The van der Waals surface area contributed by atoms with Crippen LogP contribution in [0, 0.1) is 0 Å². The molecule has 0 radical (unpaired) electrons. The van der Waals surface area contributed by atoms with Crippen molar-refractivity contribution in [2.24, 2.45) is 0 Å². The Labute approximate surface area is 56.8 Å². The Morgan fingerprint density at radius 3 is 2.00 bits per heavy atom. The normalized spacial score (nSPS) is 16.1. The van der Waals surface area contributed by atoms with Crippen molar-refractivity contribution in [3.05, 3.63) is 0 Å². The van der Waals surface area contributed by atoms with E-state index in [1.54, 1.807) is 0 Å². The van der Waals surface area contributed by atoms with Gasteiger partial charge in [0.1, 0.15) is 0 Å². The molecule has 0 saturated carbocycles. The van der Waals surface area contributed by atoms with Crippen molar-refractivity contribution >= 4 is 23.2 Å². The van der Waals surface area contributed by atoms with Gasteiger partial charge in [-0.3, -0.25) is 0 Å². The van der Waals surface area contributed by atoms with Gasteiger partial charge in [0, 0.05) is 0 Å². The molecule has 0 aliphatic carbocycles. The quantitative estimate of drug-likeness (QED) is 0.549. The number of hydrogen-bond acceptors (Lipinski definition) is 0. The lowest BCUT2D eigenvalue weighted by Gasteiger charge is -2.11. The Kier molecular flexibility index (Phi) is 2.99. The first-order chi connectivity index (χ1) is 3.48. The lowest BCUT2D eigenvalue weighted by Crippen LogP contribution is -2.20. The minimum atomic E-state index is -2.71. The molecule has 0 saturated heterocycles. The summed E-state index contributed by atoms with van der Waals surface area (Å²) < 4.78 is 21.2. The smallest absolute Gasteiger partial charge is 0.241 e. The van der Waals surface area contributed by atoms with Crippen LogP contribution in [0.3, 0.4) is 0 Å². The Morgan fingerprint density at radius 1 is 1.62 bits per heavy atom. The Bertz CT molecular complexity index is 68.9. The number of hydrogen-bond donors (Lipinski definition) is 0. The van der Waals surface area contributed by atoms with E-state index in [4.69, 9.17) is 23.2 Å². The molecule has 0 rings (SSSR count). The zero-order valence-corrected chi connectivity index (χ0v) is 5.81. The largest absolute Gasteiger partial charge is 0.288 e. The van der Waals surface area contributed by atoms with Gasteiger partial charge in [0.15, 0.2) is 6.17 Å². The van der Waals surface area contributed by atoms with Gasteiger partial charge in [-0.25, -0.2) is 8.78 Å². The number of halogens is 4. The summed E-state index contributed by atoms with van der Waals surface area (Å²) in [5.74, 6) is 0. The molecule has 0 fully saturated rings. The van der Waals surface area contributed by atoms with Gasteiger partial charge in [-0.2, -0.15) is 0 Å². The van der Waals surface area contributed by atoms with Crippen molar-refractivity contribution in [1.29, 1.82) is 0 Å². The van der Waals surface area contributed by atoms with Crippen LogP contribution in [-0.2, 0) is 0 Å². The van der Waals surface area contributed by atoms with Crippen molar-refractivity contribution in [1.82, 2.24) is 0 Å². The molecule has 0 aromatic carbocycles. The van der Waals surface area contributed by atoms with Crippen LogP contribution in [0.25, 0.3) is 0 Å². The third-order valence-corrected chi connectivity index (χ3v) is 1.19. The van der Waals surface area contributed by atoms with Crippen LogP contribution in [-0.4, -0.2) is 10.8 Å². The SMILES string of the molecule is CCC(F)C(F)(Cl)Cl. The molecule has 0 spiro atoms. The molecule has 0 nitrogen and oxygen atoms in total. The number of alkyl halides is 4. The van der Waals surface area contributed by atoms with Crippen LogP contribution in [0.4, 0.5) is 8.78 Å². The van der Waals surface area contributed by atoms with E-state index >= 15 is 0 Å². The highest BCUT2D eigenvalue weighted by atomic mass is 35.5. The Morgan fingerprint density at radius 2 is 2.00 bits per heavy atom. The predicted molar refractivity (Wildman–Crippen MR) is 30.7 cm³/mol. The predicted octanol–water partition coefficient (Wildman–Crippen LogP) is 2.84. The second-order valence-corrected chi connectivity index (χ2v) is 2.71. The third kappa shape index (κ3) is 2.68. The summed E-state index contributed by atoms with van der Waals surface area (Å²) in [6.45, 7) is 1.46.